The van der Waals surface area contributed by atoms with Crippen molar-refractivity contribution in [3.05, 3.63) is 0 Å². The number of hydrogen-bond acceptors (Lipinski definition) is 3. The summed E-state index contributed by atoms with van der Waals surface area (Å²) < 4.78 is 5.44. The summed E-state index contributed by atoms with van der Waals surface area (Å²) in [5.41, 5.74) is 5.99. The number of nitrogens with one attached hydrogen (secondary N) is 1. The van der Waals surface area contributed by atoms with E-state index >= 15 is 0 Å². The number of carbonyl (C=O) groups is 1. The zero-order valence-corrected chi connectivity index (χ0v) is 13.4. The van der Waals surface area contributed by atoms with E-state index in [4.69, 9.17) is 10.5 Å². The highest BCUT2D eigenvalue weighted by Crippen LogP contribution is 2.26. The molecule has 1 aliphatic carbocycles. The first-order chi connectivity index (χ1) is 9.52. The highest BCUT2D eigenvalue weighted by atomic mass is 16.5. The molecule has 118 valence electrons. The van der Waals surface area contributed by atoms with Crippen LogP contribution in [0.25, 0.3) is 0 Å². The Kier molecular flexibility index (Phi) is 8.15. The quantitative estimate of drug-likeness (QED) is 0.719. The summed E-state index contributed by atoms with van der Waals surface area (Å²) in [5.74, 6) is 1.19. The van der Waals surface area contributed by atoms with Crippen LogP contribution in [0.15, 0.2) is 0 Å². The van der Waals surface area contributed by atoms with Crippen molar-refractivity contribution in [2.24, 2.45) is 17.6 Å². The Hall–Kier alpha value is -0.610. The summed E-state index contributed by atoms with van der Waals surface area (Å²) in [5, 5.41) is 3.11. The maximum absolute atomic E-state index is 12.0. The Morgan fingerprint density at radius 2 is 2.15 bits per heavy atom. The summed E-state index contributed by atoms with van der Waals surface area (Å²) in [6, 6.07) is 0.467. The molecule has 3 unspecified atom stereocenters. The van der Waals surface area contributed by atoms with E-state index < -0.39 is 0 Å². The molecule has 0 spiro atoms. The van der Waals surface area contributed by atoms with Crippen LogP contribution < -0.4 is 11.1 Å². The first-order valence-corrected chi connectivity index (χ1v) is 8.15. The second-order valence-electron chi connectivity index (χ2n) is 6.41. The van der Waals surface area contributed by atoms with Crippen molar-refractivity contribution in [3.63, 3.8) is 0 Å². The van der Waals surface area contributed by atoms with Crippen molar-refractivity contribution in [3.8, 4) is 0 Å². The standard InChI is InChI=1S/C16H32N2O2/c1-4-20-11-15(12(2)3)18-16(19)9-8-13-6-5-7-14(17)10-13/h12-15H,4-11,17H2,1-3H3,(H,18,19). The van der Waals surface area contributed by atoms with Crippen molar-refractivity contribution in [2.45, 2.75) is 71.4 Å². The number of ether oxygens (including phenoxy) is 1. The summed E-state index contributed by atoms with van der Waals surface area (Å²) >= 11 is 0. The number of hydrogen-bond donors (Lipinski definition) is 2. The fraction of sp³-hybridized carbons (Fsp3) is 0.938. The molecule has 1 rings (SSSR count). The van der Waals surface area contributed by atoms with Gasteiger partial charge in [-0.25, -0.2) is 0 Å². The molecule has 1 saturated carbocycles. The minimum atomic E-state index is 0.121. The van der Waals surface area contributed by atoms with Crippen LogP contribution >= 0.6 is 0 Å². The number of nitrogens with two attached hydrogens (primary N) is 1. The molecule has 0 radical (unpaired) electrons. The van der Waals surface area contributed by atoms with Crippen LogP contribution in [0.2, 0.25) is 0 Å². The lowest BCUT2D eigenvalue weighted by Gasteiger charge is -2.27. The smallest absolute Gasteiger partial charge is 0.220 e. The minimum Gasteiger partial charge on any atom is -0.380 e. The van der Waals surface area contributed by atoms with Gasteiger partial charge >= 0.3 is 0 Å². The first-order valence-electron chi connectivity index (χ1n) is 8.15. The predicted octanol–water partition coefficient (Wildman–Crippen LogP) is 2.46. The SMILES string of the molecule is CCOCC(NC(=O)CCC1CCCC(N)C1)C(C)C. The van der Waals surface area contributed by atoms with E-state index in [1.807, 2.05) is 6.92 Å². The molecule has 0 aliphatic heterocycles. The molecule has 0 aromatic heterocycles. The van der Waals surface area contributed by atoms with Gasteiger partial charge in [-0.15, -0.1) is 0 Å². The summed E-state index contributed by atoms with van der Waals surface area (Å²) in [7, 11) is 0. The Labute approximate surface area is 123 Å². The summed E-state index contributed by atoms with van der Waals surface area (Å²) in [4.78, 5) is 12.0. The van der Waals surface area contributed by atoms with Crippen molar-refractivity contribution in [1.82, 2.24) is 5.32 Å². The molecule has 1 fully saturated rings. The lowest BCUT2D eigenvalue weighted by Crippen LogP contribution is -2.42. The molecule has 20 heavy (non-hydrogen) atoms. The fourth-order valence-corrected chi connectivity index (χ4v) is 2.85. The van der Waals surface area contributed by atoms with Crippen LogP contribution in [-0.2, 0) is 9.53 Å². The van der Waals surface area contributed by atoms with E-state index in [1.54, 1.807) is 0 Å². The fourth-order valence-electron chi connectivity index (χ4n) is 2.85. The van der Waals surface area contributed by atoms with Gasteiger partial charge in [-0.1, -0.05) is 26.7 Å². The molecule has 1 aliphatic rings. The van der Waals surface area contributed by atoms with Gasteiger partial charge in [-0.2, -0.15) is 0 Å². The van der Waals surface area contributed by atoms with Crippen LogP contribution in [-0.4, -0.2) is 31.2 Å². The van der Waals surface area contributed by atoms with Gasteiger partial charge in [-0.3, -0.25) is 4.79 Å². The minimum absolute atomic E-state index is 0.121. The van der Waals surface area contributed by atoms with Crippen molar-refractivity contribution < 1.29 is 9.53 Å². The Bertz CT molecular complexity index is 282. The van der Waals surface area contributed by atoms with Crippen molar-refractivity contribution in [1.29, 1.82) is 0 Å². The number of carbonyl (C=O) groups excluding carboxylic acids is 1. The Morgan fingerprint density at radius 3 is 2.75 bits per heavy atom. The van der Waals surface area contributed by atoms with Gasteiger partial charge in [-0.05, 0) is 38.0 Å². The number of rotatable bonds is 8. The molecule has 1 amide bonds. The normalized spacial score (nSPS) is 24.6. The maximum Gasteiger partial charge on any atom is 0.220 e. The van der Waals surface area contributed by atoms with Crippen LogP contribution in [0.5, 0.6) is 0 Å². The van der Waals surface area contributed by atoms with Gasteiger partial charge < -0.3 is 15.8 Å². The summed E-state index contributed by atoms with van der Waals surface area (Å²) in [6.45, 7) is 7.51. The molecule has 0 aromatic rings. The van der Waals surface area contributed by atoms with E-state index in [-0.39, 0.29) is 11.9 Å². The van der Waals surface area contributed by atoms with Crippen LogP contribution in [0.3, 0.4) is 0 Å². The van der Waals surface area contributed by atoms with E-state index in [0.29, 0.717) is 37.5 Å². The molecule has 0 heterocycles. The third-order valence-corrected chi connectivity index (χ3v) is 4.26. The topological polar surface area (TPSA) is 64.3 Å². The Balaban J connectivity index is 2.26. The zero-order valence-electron chi connectivity index (χ0n) is 13.4. The lowest BCUT2D eigenvalue weighted by atomic mass is 9.83. The van der Waals surface area contributed by atoms with Crippen LogP contribution in [0.4, 0.5) is 0 Å². The van der Waals surface area contributed by atoms with E-state index in [1.165, 1.54) is 12.8 Å². The molecule has 4 nitrogen and oxygen atoms in total. The Morgan fingerprint density at radius 1 is 1.40 bits per heavy atom. The highest BCUT2D eigenvalue weighted by molar-refractivity contribution is 5.76. The molecular formula is C16H32N2O2. The van der Waals surface area contributed by atoms with Crippen molar-refractivity contribution in [2.75, 3.05) is 13.2 Å². The summed E-state index contributed by atoms with van der Waals surface area (Å²) in [6.07, 6.45) is 6.26. The zero-order chi connectivity index (χ0) is 15.0. The first kappa shape index (κ1) is 17.4. The average molecular weight is 284 g/mol. The molecule has 3 N–H and O–H groups in total. The van der Waals surface area contributed by atoms with Crippen LogP contribution in [0, 0.1) is 11.8 Å². The average Bonchev–Trinajstić information content (AvgIpc) is 2.41. The van der Waals surface area contributed by atoms with E-state index in [2.05, 4.69) is 19.2 Å². The third-order valence-electron chi connectivity index (χ3n) is 4.26. The van der Waals surface area contributed by atoms with Gasteiger partial charge in [0.05, 0.1) is 12.6 Å². The van der Waals surface area contributed by atoms with Gasteiger partial charge in [0.1, 0.15) is 0 Å². The van der Waals surface area contributed by atoms with Crippen molar-refractivity contribution >= 4 is 5.91 Å². The molecule has 4 heteroatoms. The molecular weight excluding hydrogens is 252 g/mol. The third kappa shape index (κ3) is 6.71. The van der Waals surface area contributed by atoms with Gasteiger partial charge in [0.25, 0.3) is 0 Å². The van der Waals surface area contributed by atoms with Crippen LogP contribution in [0.1, 0.15) is 59.3 Å². The van der Waals surface area contributed by atoms with Gasteiger partial charge in [0.2, 0.25) is 5.91 Å². The largest absolute Gasteiger partial charge is 0.380 e. The van der Waals surface area contributed by atoms with Gasteiger partial charge in [0, 0.05) is 19.1 Å². The predicted molar refractivity (Wildman–Crippen MR) is 82.4 cm³/mol. The molecule has 0 aromatic carbocycles. The molecule has 0 bridgehead atoms. The number of amides is 1. The lowest BCUT2D eigenvalue weighted by molar-refractivity contribution is -0.123. The van der Waals surface area contributed by atoms with E-state index in [9.17, 15) is 4.79 Å². The second-order valence-corrected chi connectivity index (χ2v) is 6.41. The maximum atomic E-state index is 12.0. The van der Waals surface area contributed by atoms with Gasteiger partial charge in [0.15, 0.2) is 0 Å². The molecule has 0 saturated heterocycles. The second kappa shape index (κ2) is 9.35. The molecule has 3 atom stereocenters. The monoisotopic (exact) mass is 284 g/mol. The van der Waals surface area contributed by atoms with E-state index in [0.717, 1.165) is 19.3 Å². The highest BCUT2D eigenvalue weighted by Gasteiger charge is 2.21.